The molecule has 0 N–H and O–H groups in total. The minimum absolute atomic E-state index is 0.212. The predicted octanol–water partition coefficient (Wildman–Crippen LogP) is 9.66. The molecule has 328 valence electrons. The third kappa shape index (κ3) is 13.5. The van der Waals surface area contributed by atoms with Crippen molar-refractivity contribution in [3.8, 4) is 0 Å². The van der Waals surface area contributed by atoms with Crippen molar-refractivity contribution in [3.63, 3.8) is 0 Å². The topological polar surface area (TPSA) is 83.1 Å². The summed E-state index contributed by atoms with van der Waals surface area (Å²) in [6, 6.07) is 60.8. The third-order valence-corrected chi connectivity index (χ3v) is 11.3. The molecule has 2 saturated heterocycles. The van der Waals surface area contributed by atoms with Gasteiger partial charge in [-0.2, -0.15) is 0 Å². The maximum atomic E-state index is 7.27. The van der Waals surface area contributed by atoms with Gasteiger partial charge in [-0.3, -0.25) is 0 Å². The first-order valence-electron chi connectivity index (χ1n) is 22.0. The Labute approximate surface area is 371 Å². The summed E-state index contributed by atoms with van der Waals surface area (Å²) >= 11 is 0. The molecule has 0 spiro atoms. The highest BCUT2D eigenvalue weighted by Gasteiger charge is 2.51. The van der Waals surface area contributed by atoms with Crippen LogP contribution in [0.25, 0.3) is 0 Å². The lowest BCUT2D eigenvalue weighted by molar-refractivity contribution is -0.352. The van der Waals surface area contributed by atoms with Crippen LogP contribution in [0.1, 0.15) is 39.8 Å². The molecule has 8 rings (SSSR count). The van der Waals surface area contributed by atoms with Crippen molar-refractivity contribution >= 4 is 0 Å². The second kappa shape index (κ2) is 24.1. The van der Waals surface area contributed by atoms with Crippen LogP contribution in [0.3, 0.4) is 0 Å². The summed E-state index contributed by atoms with van der Waals surface area (Å²) in [5.41, 5.74) is 6.25. The normalized spacial score (nSPS) is 23.6. The van der Waals surface area contributed by atoms with Crippen LogP contribution in [0.2, 0.25) is 0 Å². The molecule has 6 aromatic rings. The SMILES string of the molecule is c1ccc(COC[C@@H]2OCC[C@@H](OCc3ccccc3)[C@@H]2O[C@H]2O[C@H](COCc3ccccc3)[C@@H](OCc3ccccc3)[C@H](OCc3ccccc3)[C@H]2OCc2ccccc2)cc1. The fourth-order valence-corrected chi connectivity index (χ4v) is 7.99. The van der Waals surface area contributed by atoms with E-state index >= 15 is 0 Å². The van der Waals surface area contributed by atoms with Gasteiger partial charge >= 0.3 is 0 Å². The van der Waals surface area contributed by atoms with Crippen molar-refractivity contribution in [1.29, 1.82) is 0 Å². The Morgan fingerprint density at radius 2 is 0.730 bits per heavy atom. The number of rotatable bonds is 22. The molecule has 2 aliphatic heterocycles. The van der Waals surface area contributed by atoms with E-state index in [-0.39, 0.29) is 19.3 Å². The molecule has 9 nitrogen and oxygen atoms in total. The molecular formula is C54H58O9. The van der Waals surface area contributed by atoms with Crippen molar-refractivity contribution in [2.75, 3.05) is 19.8 Å². The van der Waals surface area contributed by atoms with Crippen LogP contribution in [-0.2, 0) is 82.3 Å². The minimum atomic E-state index is -0.942. The third-order valence-electron chi connectivity index (χ3n) is 11.3. The van der Waals surface area contributed by atoms with Crippen LogP contribution in [-0.4, -0.2) is 68.8 Å². The molecule has 0 aromatic heterocycles. The van der Waals surface area contributed by atoms with E-state index in [1.54, 1.807) is 0 Å². The lowest BCUT2D eigenvalue weighted by atomic mass is 9.96. The molecule has 2 fully saturated rings. The molecule has 8 atom stereocenters. The Bertz CT molecular complexity index is 2130. The number of hydrogen-bond acceptors (Lipinski definition) is 9. The van der Waals surface area contributed by atoms with E-state index in [9.17, 15) is 0 Å². The molecule has 0 saturated carbocycles. The van der Waals surface area contributed by atoms with Gasteiger partial charge in [0.2, 0.25) is 0 Å². The Balaban J connectivity index is 1.12. The van der Waals surface area contributed by atoms with Gasteiger partial charge in [0, 0.05) is 6.61 Å². The summed E-state index contributed by atoms with van der Waals surface area (Å²) in [6.45, 7) is 3.17. The Morgan fingerprint density at radius 1 is 0.365 bits per heavy atom. The Morgan fingerprint density at radius 3 is 1.17 bits per heavy atom. The molecule has 2 heterocycles. The van der Waals surface area contributed by atoms with E-state index in [1.165, 1.54) is 0 Å². The molecule has 0 bridgehead atoms. The van der Waals surface area contributed by atoms with E-state index in [0.29, 0.717) is 52.7 Å². The van der Waals surface area contributed by atoms with E-state index in [1.807, 2.05) is 121 Å². The van der Waals surface area contributed by atoms with E-state index in [2.05, 4.69) is 60.7 Å². The quantitative estimate of drug-likeness (QED) is 0.0664. The molecule has 0 unspecified atom stereocenters. The van der Waals surface area contributed by atoms with E-state index in [0.717, 1.165) is 33.4 Å². The maximum absolute atomic E-state index is 7.27. The van der Waals surface area contributed by atoms with Gasteiger partial charge < -0.3 is 42.6 Å². The van der Waals surface area contributed by atoms with Gasteiger partial charge in [0.15, 0.2) is 6.29 Å². The van der Waals surface area contributed by atoms with E-state index in [4.69, 9.17) is 42.6 Å². The molecule has 0 radical (unpaired) electrons. The van der Waals surface area contributed by atoms with Crippen LogP contribution in [0.5, 0.6) is 0 Å². The van der Waals surface area contributed by atoms with Crippen molar-refractivity contribution in [3.05, 3.63) is 215 Å². The first kappa shape index (κ1) is 44.6. The van der Waals surface area contributed by atoms with Gasteiger partial charge in [0.1, 0.15) is 36.6 Å². The Hall–Kier alpha value is -5.04. The van der Waals surface area contributed by atoms with Gasteiger partial charge in [0.25, 0.3) is 0 Å². The fourth-order valence-electron chi connectivity index (χ4n) is 7.99. The second-order valence-corrected chi connectivity index (χ2v) is 16.0. The smallest absolute Gasteiger partial charge is 0.187 e. The summed E-state index contributed by atoms with van der Waals surface area (Å²) in [5.74, 6) is 0. The van der Waals surface area contributed by atoms with Gasteiger partial charge in [-0.15, -0.1) is 0 Å². The maximum Gasteiger partial charge on any atom is 0.187 e. The van der Waals surface area contributed by atoms with Crippen molar-refractivity contribution in [2.45, 2.75) is 95.1 Å². The molecule has 9 heteroatoms. The average Bonchev–Trinajstić information content (AvgIpc) is 3.34. The highest BCUT2D eigenvalue weighted by molar-refractivity contribution is 5.18. The standard InChI is InChI=1S/C54H58O9/c1-7-19-41(20-8-1)33-55-39-48-50(47(31-32-57-48)58-35-43-23-11-3-12-24-43)63-54-53(61-38-46-29-17-6-18-30-46)52(60-37-45-27-15-5-16-28-45)51(59-36-44-25-13-4-14-26-44)49(62-54)40-56-34-42-21-9-2-10-22-42/h1-30,47-54H,31-40H2/t47-,48+,49-,50+,51-,52+,53-,54-/m1/s1. The number of ether oxygens (including phenoxy) is 9. The van der Waals surface area contributed by atoms with E-state index < -0.39 is 42.9 Å². The summed E-state index contributed by atoms with van der Waals surface area (Å²) in [6.07, 6.45) is -4.34. The average molecular weight is 851 g/mol. The number of hydrogen-bond donors (Lipinski definition) is 0. The summed E-state index contributed by atoms with van der Waals surface area (Å²) in [5, 5.41) is 0. The zero-order chi connectivity index (χ0) is 42.7. The van der Waals surface area contributed by atoms with Crippen molar-refractivity contribution in [1.82, 2.24) is 0 Å². The largest absolute Gasteiger partial charge is 0.374 e. The van der Waals surface area contributed by atoms with Crippen LogP contribution in [0.4, 0.5) is 0 Å². The highest BCUT2D eigenvalue weighted by Crippen LogP contribution is 2.35. The van der Waals surface area contributed by atoms with Crippen LogP contribution in [0, 0.1) is 0 Å². The van der Waals surface area contributed by atoms with Crippen LogP contribution >= 0.6 is 0 Å². The first-order valence-corrected chi connectivity index (χ1v) is 22.0. The number of benzene rings is 6. The first-order chi connectivity index (χ1) is 31.2. The highest BCUT2D eigenvalue weighted by atomic mass is 16.7. The second-order valence-electron chi connectivity index (χ2n) is 16.0. The van der Waals surface area contributed by atoms with Gasteiger partial charge in [-0.25, -0.2) is 0 Å². The molecular weight excluding hydrogens is 793 g/mol. The zero-order valence-electron chi connectivity index (χ0n) is 35.7. The lowest BCUT2D eigenvalue weighted by Crippen LogP contribution is -2.63. The lowest BCUT2D eigenvalue weighted by Gasteiger charge is -2.48. The molecule has 63 heavy (non-hydrogen) atoms. The fraction of sp³-hybridized carbons (Fsp3) is 0.333. The van der Waals surface area contributed by atoms with Crippen molar-refractivity contribution < 1.29 is 42.6 Å². The van der Waals surface area contributed by atoms with Crippen LogP contribution < -0.4 is 0 Å². The van der Waals surface area contributed by atoms with Crippen LogP contribution in [0.15, 0.2) is 182 Å². The van der Waals surface area contributed by atoms with Crippen molar-refractivity contribution in [2.24, 2.45) is 0 Å². The molecule has 2 aliphatic rings. The Kier molecular flexibility index (Phi) is 17.1. The van der Waals surface area contributed by atoms with Gasteiger partial charge in [-0.05, 0) is 39.8 Å². The summed E-state index contributed by atoms with van der Waals surface area (Å²) in [4.78, 5) is 0. The van der Waals surface area contributed by atoms with Gasteiger partial charge in [0.05, 0.1) is 59.0 Å². The molecule has 6 aromatic carbocycles. The molecule has 0 aliphatic carbocycles. The van der Waals surface area contributed by atoms with Gasteiger partial charge in [-0.1, -0.05) is 182 Å². The summed E-state index contributed by atoms with van der Waals surface area (Å²) < 4.78 is 61.3. The molecule has 0 amide bonds. The monoisotopic (exact) mass is 850 g/mol. The zero-order valence-corrected chi connectivity index (χ0v) is 35.7. The predicted molar refractivity (Wildman–Crippen MR) is 240 cm³/mol. The minimum Gasteiger partial charge on any atom is -0.374 e. The summed E-state index contributed by atoms with van der Waals surface area (Å²) in [7, 11) is 0.